The van der Waals surface area contributed by atoms with E-state index in [1.807, 2.05) is 54.1 Å². The fourth-order valence-corrected chi connectivity index (χ4v) is 4.43. The van der Waals surface area contributed by atoms with E-state index in [1.165, 1.54) is 16.9 Å². The average molecular weight is 439 g/mol. The number of esters is 1. The average Bonchev–Trinajstić information content (AvgIpc) is 3.27. The molecule has 0 bridgehead atoms. The first-order valence-electron chi connectivity index (χ1n) is 9.74. The molecule has 0 aliphatic rings. The first-order valence-corrected chi connectivity index (χ1v) is 10.9. The standard InChI is InChI=1S/C24H23ClN2O2S/c1-15-20-13-21(30-22(20)27(26-15)19-11-9-18(25)10-12-19)23(28)29-14-16-5-7-17(8-6-16)24(2,3)4/h5-13H,14H2,1-4H3. The fraction of sp³-hybridized carbons (Fsp3) is 0.250. The van der Waals surface area contributed by atoms with Crippen molar-refractivity contribution in [2.75, 3.05) is 0 Å². The molecule has 0 radical (unpaired) electrons. The van der Waals surface area contributed by atoms with Crippen LogP contribution in [0.4, 0.5) is 0 Å². The molecule has 0 saturated heterocycles. The van der Waals surface area contributed by atoms with E-state index >= 15 is 0 Å². The number of rotatable bonds is 4. The Hall–Kier alpha value is -2.63. The van der Waals surface area contributed by atoms with Crippen molar-refractivity contribution in [1.29, 1.82) is 0 Å². The minimum atomic E-state index is -0.321. The summed E-state index contributed by atoms with van der Waals surface area (Å²) in [4.78, 5) is 14.1. The highest BCUT2D eigenvalue weighted by molar-refractivity contribution is 7.20. The maximum Gasteiger partial charge on any atom is 0.348 e. The van der Waals surface area contributed by atoms with E-state index in [1.54, 1.807) is 0 Å². The van der Waals surface area contributed by atoms with E-state index in [4.69, 9.17) is 16.3 Å². The number of carbonyl (C=O) groups is 1. The Bertz CT molecular complexity index is 1200. The maximum absolute atomic E-state index is 12.7. The Balaban J connectivity index is 1.52. The minimum Gasteiger partial charge on any atom is -0.457 e. The van der Waals surface area contributed by atoms with Crippen molar-refractivity contribution >= 4 is 39.1 Å². The number of hydrogen-bond acceptors (Lipinski definition) is 4. The van der Waals surface area contributed by atoms with Gasteiger partial charge in [0.05, 0.1) is 11.4 Å². The third-order valence-electron chi connectivity index (χ3n) is 5.01. The van der Waals surface area contributed by atoms with Gasteiger partial charge in [0.15, 0.2) is 0 Å². The largest absolute Gasteiger partial charge is 0.457 e. The second-order valence-electron chi connectivity index (χ2n) is 8.33. The van der Waals surface area contributed by atoms with Crippen LogP contribution < -0.4 is 0 Å². The lowest BCUT2D eigenvalue weighted by atomic mass is 9.87. The number of carbonyl (C=O) groups excluding carboxylic acids is 1. The highest BCUT2D eigenvalue weighted by atomic mass is 35.5. The number of aryl methyl sites for hydroxylation is 1. The quantitative estimate of drug-likeness (QED) is 0.333. The van der Waals surface area contributed by atoms with Gasteiger partial charge in [-0.2, -0.15) is 5.10 Å². The lowest BCUT2D eigenvalue weighted by molar-refractivity contribution is 0.0478. The molecule has 2 heterocycles. The van der Waals surface area contributed by atoms with Crippen LogP contribution >= 0.6 is 22.9 Å². The summed E-state index contributed by atoms with van der Waals surface area (Å²) in [5.74, 6) is -0.321. The molecule has 4 aromatic rings. The third-order valence-corrected chi connectivity index (χ3v) is 6.35. The Morgan fingerprint density at radius 1 is 1.10 bits per heavy atom. The predicted octanol–water partition coefficient (Wildman–Crippen LogP) is 6.70. The van der Waals surface area contributed by atoms with Crippen molar-refractivity contribution in [3.8, 4) is 5.69 Å². The number of nitrogens with zero attached hydrogens (tertiary/aromatic N) is 2. The Morgan fingerprint density at radius 3 is 2.40 bits per heavy atom. The predicted molar refractivity (Wildman–Crippen MR) is 123 cm³/mol. The van der Waals surface area contributed by atoms with Gasteiger partial charge < -0.3 is 4.74 Å². The SMILES string of the molecule is Cc1nn(-c2ccc(Cl)cc2)c2sc(C(=O)OCc3ccc(C(C)(C)C)cc3)cc12. The van der Waals surface area contributed by atoms with Crippen LogP contribution in [0.5, 0.6) is 0 Å². The summed E-state index contributed by atoms with van der Waals surface area (Å²) in [5.41, 5.74) is 4.10. The zero-order valence-electron chi connectivity index (χ0n) is 17.4. The van der Waals surface area contributed by atoms with Gasteiger partial charge in [0, 0.05) is 10.4 Å². The number of thiophene rings is 1. The molecule has 4 nitrogen and oxygen atoms in total. The number of halogens is 1. The maximum atomic E-state index is 12.7. The monoisotopic (exact) mass is 438 g/mol. The van der Waals surface area contributed by atoms with Crippen molar-refractivity contribution in [3.63, 3.8) is 0 Å². The Labute approximate surface area is 185 Å². The van der Waals surface area contributed by atoms with Crippen LogP contribution in [-0.4, -0.2) is 15.7 Å². The van der Waals surface area contributed by atoms with Gasteiger partial charge in [0.1, 0.15) is 16.3 Å². The van der Waals surface area contributed by atoms with E-state index < -0.39 is 0 Å². The van der Waals surface area contributed by atoms with Gasteiger partial charge in [-0.25, -0.2) is 9.48 Å². The van der Waals surface area contributed by atoms with Crippen LogP contribution in [0, 0.1) is 6.92 Å². The van der Waals surface area contributed by atoms with Crippen molar-refractivity contribution in [1.82, 2.24) is 9.78 Å². The summed E-state index contributed by atoms with van der Waals surface area (Å²) < 4.78 is 7.41. The van der Waals surface area contributed by atoms with Crippen molar-refractivity contribution < 1.29 is 9.53 Å². The number of fused-ring (bicyclic) bond motifs is 1. The molecular formula is C24H23ClN2O2S. The lowest BCUT2D eigenvalue weighted by Crippen LogP contribution is -2.11. The summed E-state index contributed by atoms with van der Waals surface area (Å²) in [6.45, 7) is 8.72. The number of aromatic nitrogens is 2. The molecule has 0 aliphatic heterocycles. The molecule has 154 valence electrons. The van der Waals surface area contributed by atoms with Crippen molar-refractivity contribution in [2.24, 2.45) is 0 Å². The van der Waals surface area contributed by atoms with E-state index in [0.29, 0.717) is 9.90 Å². The Morgan fingerprint density at radius 2 is 1.77 bits per heavy atom. The molecule has 30 heavy (non-hydrogen) atoms. The first kappa shape index (κ1) is 20.6. The molecule has 2 aromatic carbocycles. The van der Waals surface area contributed by atoms with Crippen LogP contribution in [0.15, 0.2) is 54.6 Å². The minimum absolute atomic E-state index is 0.0993. The van der Waals surface area contributed by atoms with Crippen LogP contribution in [0.25, 0.3) is 15.9 Å². The van der Waals surface area contributed by atoms with Gasteiger partial charge in [-0.05, 0) is 53.8 Å². The second-order valence-corrected chi connectivity index (χ2v) is 9.79. The van der Waals surface area contributed by atoms with Gasteiger partial charge in [-0.1, -0.05) is 56.6 Å². The number of ether oxygens (including phenoxy) is 1. The van der Waals surface area contributed by atoms with E-state index in [0.717, 1.165) is 27.2 Å². The zero-order chi connectivity index (χ0) is 21.5. The molecule has 2 aromatic heterocycles. The molecule has 0 N–H and O–H groups in total. The molecule has 0 saturated carbocycles. The molecular weight excluding hydrogens is 416 g/mol. The van der Waals surface area contributed by atoms with E-state index in [2.05, 4.69) is 38.0 Å². The summed E-state index contributed by atoms with van der Waals surface area (Å²) in [7, 11) is 0. The van der Waals surface area contributed by atoms with Crippen LogP contribution in [-0.2, 0) is 16.8 Å². The topological polar surface area (TPSA) is 44.1 Å². The lowest BCUT2D eigenvalue weighted by Gasteiger charge is -2.19. The zero-order valence-corrected chi connectivity index (χ0v) is 19.0. The molecule has 0 aliphatic carbocycles. The van der Waals surface area contributed by atoms with Crippen LogP contribution in [0.3, 0.4) is 0 Å². The molecule has 6 heteroatoms. The van der Waals surface area contributed by atoms with Crippen LogP contribution in [0.1, 0.15) is 47.3 Å². The normalized spacial score (nSPS) is 11.8. The summed E-state index contributed by atoms with van der Waals surface area (Å²) >= 11 is 7.38. The summed E-state index contributed by atoms with van der Waals surface area (Å²) in [5, 5.41) is 6.23. The molecule has 4 rings (SSSR count). The highest BCUT2D eigenvalue weighted by Crippen LogP contribution is 2.31. The Kier molecular flexibility index (Phi) is 5.43. The van der Waals surface area contributed by atoms with E-state index in [9.17, 15) is 4.79 Å². The van der Waals surface area contributed by atoms with Gasteiger partial charge in [0.25, 0.3) is 0 Å². The van der Waals surface area contributed by atoms with Crippen LogP contribution in [0.2, 0.25) is 5.02 Å². The molecule has 0 amide bonds. The number of hydrogen-bond donors (Lipinski definition) is 0. The fourth-order valence-electron chi connectivity index (χ4n) is 3.23. The summed E-state index contributed by atoms with van der Waals surface area (Å²) in [6, 6.07) is 17.5. The van der Waals surface area contributed by atoms with Gasteiger partial charge in [0.2, 0.25) is 0 Å². The summed E-state index contributed by atoms with van der Waals surface area (Å²) in [6.07, 6.45) is 0. The molecule has 0 unspecified atom stereocenters. The first-order chi connectivity index (χ1) is 14.2. The van der Waals surface area contributed by atoms with Gasteiger partial charge in [-0.15, -0.1) is 11.3 Å². The molecule has 0 fully saturated rings. The van der Waals surface area contributed by atoms with Gasteiger partial charge >= 0.3 is 5.97 Å². The second kappa shape index (κ2) is 7.89. The highest BCUT2D eigenvalue weighted by Gasteiger charge is 2.18. The van der Waals surface area contributed by atoms with Gasteiger partial charge in [-0.3, -0.25) is 0 Å². The van der Waals surface area contributed by atoms with Crippen molar-refractivity contribution in [2.45, 2.75) is 39.7 Å². The third kappa shape index (κ3) is 4.13. The molecule has 0 spiro atoms. The smallest absolute Gasteiger partial charge is 0.348 e. The molecule has 0 atom stereocenters. The van der Waals surface area contributed by atoms with E-state index in [-0.39, 0.29) is 18.0 Å². The number of benzene rings is 2. The van der Waals surface area contributed by atoms with Crippen molar-refractivity contribution in [3.05, 3.63) is 81.3 Å².